The van der Waals surface area contributed by atoms with E-state index in [4.69, 9.17) is 10.2 Å². The van der Waals surface area contributed by atoms with Crippen LogP contribution >= 0.6 is 0 Å². The number of benzene rings is 1. The number of furan rings is 1. The summed E-state index contributed by atoms with van der Waals surface area (Å²) in [6, 6.07) is 8.99. The van der Waals surface area contributed by atoms with E-state index in [-0.39, 0.29) is 5.91 Å². The van der Waals surface area contributed by atoms with Crippen molar-refractivity contribution >= 4 is 11.6 Å². The van der Waals surface area contributed by atoms with Crippen molar-refractivity contribution in [3.05, 3.63) is 54.0 Å². The number of nitrogens with one attached hydrogen (secondary N) is 1. The van der Waals surface area contributed by atoms with E-state index in [1.165, 1.54) is 12.5 Å². The number of hydrogen-bond donors (Lipinski definition) is 2. The van der Waals surface area contributed by atoms with E-state index in [0.29, 0.717) is 17.8 Å². The Hall–Kier alpha value is -2.23. The van der Waals surface area contributed by atoms with Gasteiger partial charge in [0.1, 0.15) is 6.26 Å². The molecule has 1 amide bonds. The van der Waals surface area contributed by atoms with Crippen molar-refractivity contribution < 1.29 is 9.21 Å². The van der Waals surface area contributed by atoms with E-state index in [9.17, 15) is 4.79 Å². The second-order valence-electron chi connectivity index (χ2n) is 3.44. The molecule has 0 radical (unpaired) electrons. The van der Waals surface area contributed by atoms with Crippen molar-refractivity contribution in [1.82, 2.24) is 5.32 Å². The number of rotatable bonds is 3. The van der Waals surface area contributed by atoms with Gasteiger partial charge in [-0.3, -0.25) is 4.79 Å². The van der Waals surface area contributed by atoms with Gasteiger partial charge in [-0.25, -0.2) is 0 Å². The van der Waals surface area contributed by atoms with Crippen LogP contribution in [0.15, 0.2) is 47.3 Å². The van der Waals surface area contributed by atoms with Gasteiger partial charge in [0.25, 0.3) is 5.91 Å². The summed E-state index contributed by atoms with van der Waals surface area (Å²) < 4.78 is 4.83. The molecule has 2 rings (SSSR count). The van der Waals surface area contributed by atoms with Gasteiger partial charge in [0.2, 0.25) is 0 Å². The molecule has 4 nitrogen and oxygen atoms in total. The number of nitrogens with two attached hydrogens (primary N) is 1. The first-order valence-electron chi connectivity index (χ1n) is 4.90. The Bertz CT molecular complexity index is 460. The van der Waals surface area contributed by atoms with Gasteiger partial charge in [0.05, 0.1) is 11.8 Å². The van der Waals surface area contributed by atoms with Crippen LogP contribution in [-0.4, -0.2) is 5.91 Å². The largest absolute Gasteiger partial charge is 0.472 e. The lowest BCUT2D eigenvalue weighted by Crippen LogP contribution is -2.22. The third-order valence-electron chi connectivity index (χ3n) is 2.22. The van der Waals surface area contributed by atoms with Crippen LogP contribution in [0.4, 0.5) is 5.69 Å². The Morgan fingerprint density at radius 2 is 2.00 bits per heavy atom. The van der Waals surface area contributed by atoms with Crippen LogP contribution in [0.25, 0.3) is 0 Å². The first-order chi connectivity index (χ1) is 7.75. The van der Waals surface area contributed by atoms with Gasteiger partial charge >= 0.3 is 0 Å². The fourth-order valence-electron chi connectivity index (χ4n) is 1.31. The molecule has 3 N–H and O–H groups in total. The molecule has 1 aromatic heterocycles. The molecular weight excluding hydrogens is 204 g/mol. The summed E-state index contributed by atoms with van der Waals surface area (Å²) in [6.45, 7) is 0.476. The maximum Gasteiger partial charge on any atom is 0.254 e. The first kappa shape index (κ1) is 10.3. The topological polar surface area (TPSA) is 68.3 Å². The predicted octanol–water partition coefficient (Wildman–Crippen LogP) is 1.79. The zero-order valence-electron chi connectivity index (χ0n) is 8.64. The number of carbonyl (C=O) groups is 1. The average Bonchev–Trinajstić information content (AvgIpc) is 2.81. The van der Waals surface area contributed by atoms with Crippen LogP contribution in [0.3, 0.4) is 0 Å². The molecule has 0 fully saturated rings. The van der Waals surface area contributed by atoms with E-state index < -0.39 is 0 Å². The second kappa shape index (κ2) is 4.53. The molecule has 0 aliphatic carbocycles. The van der Waals surface area contributed by atoms with Crippen LogP contribution < -0.4 is 11.1 Å². The van der Waals surface area contributed by atoms with Gasteiger partial charge in [-0.1, -0.05) is 12.1 Å². The van der Waals surface area contributed by atoms with Crippen molar-refractivity contribution in [3.63, 3.8) is 0 Å². The molecule has 16 heavy (non-hydrogen) atoms. The van der Waals surface area contributed by atoms with Gasteiger partial charge in [-0.2, -0.15) is 0 Å². The Morgan fingerprint density at radius 3 is 2.62 bits per heavy atom. The summed E-state index contributed by atoms with van der Waals surface area (Å²) in [6.07, 6.45) is 2.89. The molecule has 82 valence electrons. The highest BCUT2D eigenvalue weighted by atomic mass is 16.3. The molecule has 0 saturated carbocycles. The Balaban J connectivity index is 1.93. The van der Waals surface area contributed by atoms with E-state index in [1.54, 1.807) is 18.2 Å². The fraction of sp³-hybridized carbons (Fsp3) is 0.0833. The molecular formula is C12H12N2O2. The van der Waals surface area contributed by atoms with E-state index in [1.807, 2.05) is 12.1 Å². The number of anilines is 1. The lowest BCUT2D eigenvalue weighted by atomic mass is 10.2. The zero-order chi connectivity index (χ0) is 11.4. The highest BCUT2D eigenvalue weighted by Crippen LogP contribution is 2.05. The van der Waals surface area contributed by atoms with Crippen LogP contribution in [0.2, 0.25) is 0 Å². The summed E-state index contributed by atoms with van der Waals surface area (Å²) >= 11 is 0. The quantitative estimate of drug-likeness (QED) is 0.768. The van der Waals surface area contributed by atoms with Gasteiger partial charge in [0, 0.05) is 12.2 Å². The van der Waals surface area contributed by atoms with Crippen molar-refractivity contribution in [2.24, 2.45) is 0 Å². The minimum Gasteiger partial charge on any atom is -0.472 e. The monoisotopic (exact) mass is 216 g/mol. The van der Waals surface area contributed by atoms with Gasteiger partial charge in [-0.15, -0.1) is 0 Å². The number of amides is 1. The van der Waals surface area contributed by atoms with Crippen LogP contribution in [0.5, 0.6) is 0 Å². The van der Waals surface area contributed by atoms with Crippen molar-refractivity contribution in [1.29, 1.82) is 0 Å². The molecule has 0 saturated heterocycles. The molecule has 1 aromatic carbocycles. The highest BCUT2D eigenvalue weighted by molar-refractivity contribution is 5.93. The summed E-state index contributed by atoms with van der Waals surface area (Å²) in [5.41, 5.74) is 7.80. The number of nitrogen functional groups attached to an aromatic ring is 1. The van der Waals surface area contributed by atoms with Crippen LogP contribution in [-0.2, 0) is 6.54 Å². The maximum absolute atomic E-state index is 11.6. The summed E-state index contributed by atoms with van der Waals surface area (Å²) in [5.74, 6) is -0.148. The Morgan fingerprint density at radius 1 is 1.25 bits per heavy atom. The number of carbonyl (C=O) groups excluding carboxylic acids is 1. The first-order valence-corrected chi connectivity index (χ1v) is 4.90. The molecule has 0 aliphatic rings. The normalized spacial score (nSPS) is 10.0. The molecule has 0 spiro atoms. The number of hydrogen-bond acceptors (Lipinski definition) is 3. The summed E-state index contributed by atoms with van der Waals surface area (Å²) in [7, 11) is 0. The smallest absolute Gasteiger partial charge is 0.254 e. The highest BCUT2D eigenvalue weighted by Gasteiger charge is 2.05. The lowest BCUT2D eigenvalue weighted by Gasteiger charge is -2.03. The fourth-order valence-corrected chi connectivity index (χ4v) is 1.31. The third-order valence-corrected chi connectivity index (χ3v) is 2.22. The molecule has 0 bridgehead atoms. The van der Waals surface area contributed by atoms with E-state index in [0.717, 1.165) is 5.56 Å². The van der Waals surface area contributed by atoms with E-state index in [2.05, 4.69) is 5.32 Å². The van der Waals surface area contributed by atoms with Crippen LogP contribution in [0, 0.1) is 0 Å². The SMILES string of the molecule is Nc1ccc(CNC(=O)c2ccoc2)cc1. The Kier molecular flexibility index (Phi) is 2.91. The minimum absolute atomic E-state index is 0.148. The third kappa shape index (κ3) is 2.42. The molecule has 0 unspecified atom stereocenters. The Labute approximate surface area is 93.1 Å². The van der Waals surface area contributed by atoms with Crippen LogP contribution in [0.1, 0.15) is 15.9 Å². The predicted molar refractivity (Wildman–Crippen MR) is 60.7 cm³/mol. The van der Waals surface area contributed by atoms with E-state index >= 15 is 0 Å². The zero-order valence-corrected chi connectivity index (χ0v) is 8.64. The lowest BCUT2D eigenvalue weighted by molar-refractivity contribution is 0.0950. The van der Waals surface area contributed by atoms with Crippen molar-refractivity contribution in [2.45, 2.75) is 6.54 Å². The second-order valence-corrected chi connectivity index (χ2v) is 3.44. The molecule has 2 aromatic rings. The summed E-state index contributed by atoms with van der Waals surface area (Å²) in [5, 5.41) is 2.78. The standard InChI is InChI=1S/C12H12N2O2/c13-11-3-1-9(2-4-11)7-14-12(15)10-5-6-16-8-10/h1-6,8H,7,13H2,(H,14,15). The average molecular weight is 216 g/mol. The van der Waals surface area contributed by atoms with Crippen molar-refractivity contribution in [2.75, 3.05) is 5.73 Å². The minimum atomic E-state index is -0.148. The maximum atomic E-state index is 11.6. The molecule has 1 heterocycles. The molecule has 0 atom stereocenters. The van der Waals surface area contributed by atoms with Crippen molar-refractivity contribution in [3.8, 4) is 0 Å². The van der Waals surface area contributed by atoms with Gasteiger partial charge in [-0.05, 0) is 23.8 Å². The molecule has 4 heteroatoms. The summed E-state index contributed by atoms with van der Waals surface area (Å²) in [4.78, 5) is 11.6. The van der Waals surface area contributed by atoms with Gasteiger partial charge < -0.3 is 15.5 Å². The van der Waals surface area contributed by atoms with Gasteiger partial charge in [0.15, 0.2) is 0 Å². The molecule has 0 aliphatic heterocycles.